The predicted octanol–water partition coefficient (Wildman–Crippen LogP) is 3.58. The Morgan fingerprint density at radius 2 is 2.04 bits per heavy atom. The summed E-state index contributed by atoms with van der Waals surface area (Å²) in [5.74, 6) is 2.33. The van der Waals surface area contributed by atoms with Gasteiger partial charge in [-0.15, -0.1) is 24.0 Å². The number of H-pyrrole nitrogens is 1. The molecule has 0 radical (unpaired) electrons. The molecule has 2 aromatic rings. The maximum absolute atomic E-state index is 4.31. The Bertz CT molecular complexity index is 639. The minimum absolute atomic E-state index is 0. The van der Waals surface area contributed by atoms with Crippen molar-refractivity contribution in [1.29, 1.82) is 0 Å². The van der Waals surface area contributed by atoms with Crippen LogP contribution < -0.4 is 10.6 Å². The maximum atomic E-state index is 4.31. The standard InChI is InChI=1S/C18H28N6.HI/c1-13(2)8-9-14(3)23-18(19-4)20-11-15-6-5-7-16(10-15)17-21-12-22-24-17;/h5-7,10,12-14H,8-9,11H2,1-4H3,(H2,19,20,23)(H,21,22,24);1H. The summed E-state index contributed by atoms with van der Waals surface area (Å²) in [4.78, 5) is 8.50. The smallest absolute Gasteiger partial charge is 0.191 e. The van der Waals surface area contributed by atoms with E-state index in [9.17, 15) is 0 Å². The van der Waals surface area contributed by atoms with Gasteiger partial charge in [0.25, 0.3) is 0 Å². The summed E-state index contributed by atoms with van der Waals surface area (Å²) >= 11 is 0. The summed E-state index contributed by atoms with van der Waals surface area (Å²) in [5.41, 5.74) is 2.20. The molecular weight excluding hydrogens is 427 g/mol. The van der Waals surface area contributed by atoms with Gasteiger partial charge >= 0.3 is 0 Å². The van der Waals surface area contributed by atoms with E-state index in [1.807, 2.05) is 12.1 Å². The Labute approximate surface area is 167 Å². The van der Waals surface area contributed by atoms with E-state index >= 15 is 0 Å². The van der Waals surface area contributed by atoms with Gasteiger partial charge in [0.15, 0.2) is 11.8 Å². The summed E-state index contributed by atoms with van der Waals surface area (Å²) in [6.45, 7) is 7.40. The van der Waals surface area contributed by atoms with Crippen molar-refractivity contribution in [2.45, 2.75) is 46.2 Å². The van der Waals surface area contributed by atoms with Gasteiger partial charge in [-0.25, -0.2) is 4.98 Å². The topological polar surface area (TPSA) is 78.0 Å². The van der Waals surface area contributed by atoms with E-state index in [1.165, 1.54) is 18.3 Å². The SMILES string of the molecule is CN=C(NCc1cccc(-c2ncn[nH]2)c1)NC(C)CCC(C)C.I. The van der Waals surface area contributed by atoms with Gasteiger partial charge in [0, 0.05) is 25.2 Å². The van der Waals surface area contributed by atoms with E-state index in [0.717, 1.165) is 29.7 Å². The van der Waals surface area contributed by atoms with Crippen LogP contribution in [0.25, 0.3) is 11.4 Å². The molecular formula is C18H29IN6. The largest absolute Gasteiger partial charge is 0.354 e. The van der Waals surface area contributed by atoms with Crippen LogP contribution in [0.4, 0.5) is 0 Å². The minimum atomic E-state index is 0. The molecule has 0 saturated heterocycles. The van der Waals surface area contributed by atoms with Gasteiger partial charge in [-0.05, 0) is 37.3 Å². The summed E-state index contributed by atoms with van der Waals surface area (Å²) in [6.07, 6.45) is 3.87. The van der Waals surface area contributed by atoms with Crippen molar-refractivity contribution >= 4 is 29.9 Å². The number of aliphatic imine (C=N–C) groups is 1. The van der Waals surface area contributed by atoms with Gasteiger partial charge in [0.2, 0.25) is 0 Å². The molecule has 0 aliphatic carbocycles. The van der Waals surface area contributed by atoms with Crippen molar-refractivity contribution in [2.24, 2.45) is 10.9 Å². The molecule has 25 heavy (non-hydrogen) atoms. The van der Waals surface area contributed by atoms with Crippen LogP contribution in [-0.4, -0.2) is 34.2 Å². The molecule has 1 aromatic carbocycles. The predicted molar refractivity (Wildman–Crippen MR) is 114 cm³/mol. The quantitative estimate of drug-likeness (QED) is 0.338. The van der Waals surface area contributed by atoms with Gasteiger partial charge in [-0.3, -0.25) is 10.1 Å². The lowest BCUT2D eigenvalue weighted by molar-refractivity contribution is 0.489. The normalized spacial score (nSPS) is 12.6. The molecule has 0 fully saturated rings. The summed E-state index contributed by atoms with van der Waals surface area (Å²) in [5, 5.41) is 13.6. The van der Waals surface area contributed by atoms with Crippen molar-refractivity contribution in [1.82, 2.24) is 25.8 Å². The van der Waals surface area contributed by atoms with Crippen LogP contribution in [0.3, 0.4) is 0 Å². The molecule has 0 aliphatic heterocycles. The van der Waals surface area contributed by atoms with E-state index in [4.69, 9.17) is 0 Å². The van der Waals surface area contributed by atoms with E-state index in [2.05, 4.69) is 63.7 Å². The molecule has 6 nitrogen and oxygen atoms in total. The van der Waals surface area contributed by atoms with Crippen molar-refractivity contribution in [3.63, 3.8) is 0 Å². The van der Waals surface area contributed by atoms with Gasteiger partial charge in [-0.2, -0.15) is 5.10 Å². The van der Waals surface area contributed by atoms with Crippen LogP contribution in [0.2, 0.25) is 0 Å². The van der Waals surface area contributed by atoms with Gasteiger partial charge in [-0.1, -0.05) is 32.0 Å². The van der Waals surface area contributed by atoms with Crippen molar-refractivity contribution in [3.8, 4) is 11.4 Å². The van der Waals surface area contributed by atoms with E-state index in [1.54, 1.807) is 7.05 Å². The fourth-order valence-corrected chi connectivity index (χ4v) is 2.44. The third kappa shape index (κ3) is 7.41. The lowest BCUT2D eigenvalue weighted by Crippen LogP contribution is -2.41. The lowest BCUT2D eigenvalue weighted by atomic mass is 10.0. The summed E-state index contributed by atoms with van der Waals surface area (Å²) in [7, 11) is 1.80. The molecule has 3 N–H and O–H groups in total. The van der Waals surface area contributed by atoms with Crippen LogP contribution in [0.1, 0.15) is 39.2 Å². The molecule has 138 valence electrons. The second-order valence-electron chi connectivity index (χ2n) is 6.48. The fourth-order valence-electron chi connectivity index (χ4n) is 2.44. The molecule has 0 bridgehead atoms. The molecule has 0 aliphatic rings. The molecule has 0 amide bonds. The molecule has 1 atom stereocenters. The van der Waals surface area contributed by atoms with Crippen molar-refractivity contribution in [2.75, 3.05) is 7.05 Å². The average molecular weight is 456 g/mol. The number of nitrogens with one attached hydrogen (secondary N) is 3. The molecule has 1 unspecified atom stereocenters. The number of aromatic amines is 1. The lowest BCUT2D eigenvalue weighted by Gasteiger charge is -2.18. The monoisotopic (exact) mass is 456 g/mol. The highest BCUT2D eigenvalue weighted by Gasteiger charge is 2.07. The van der Waals surface area contributed by atoms with Crippen LogP contribution >= 0.6 is 24.0 Å². The van der Waals surface area contributed by atoms with Crippen molar-refractivity contribution in [3.05, 3.63) is 36.2 Å². The number of rotatable bonds is 7. The van der Waals surface area contributed by atoms with Crippen molar-refractivity contribution < 1.29 is 0 Å². The highest BCUT2D eigenvalue weighted by molar-refractivity contribution is 14.0. The van der Waals surface area contributed by atoms with E-state index in [0.29, 0.717) is 12.6 Å². The molecule has 1 aromatic heterocycles. The Morgan fingerprint density at radius 1 is 1.24 bits per heavy atom. The first-order valence-corrected chi connectivity index (χ1v) is 8.50. The number of halogens is 1. The number of guanidine groups is 1. The fraction of sp³-hybridized carbons (Fsp3) is 0.500. The first-order valence-electron chi connectivity index (χ1n) is 8.50. The number of hydrogen-bond acceptors (Lipinski definition) is 3. The zero-order valence-corrected chi connectivity index (χ0v) is 17.7. The first-order chi connectivity index (χ1) is 11.6. The number of hydrogen-bond donors (Lipinski definition) is 3. The highest BCUT2D eigenvalue weighted by atomic mass is 127. The number of aromatic nitrogens is 3. The Kier molecular flexibility index (Phi) is 9.48. The molecule has 2 rings (SSSR count). The second-order valence-corrected chi connectivity index (χ2v) is 6.48. The molecule has 1 heterocycles. The minimum Gasteiger partial charge on any atom is -0.354 e. The van der Waals surface area contributed by atoms with E-state index < -0.39 is 0 Å². The van der Waals surface area contributed by atoms with Crippen LogP contribution in [0.15, 0.2) is 35.6 Å². The zero-order valence-electron chi connectivity index (χ0n) is 15.4. The van der Waals surface area contributed by atoms with E-state index in [-0.39, 0.29) is 24.0 Å². The van der Waals surface area contributed by atoms with Gasteiger partial charge in [0.1, 0.15) is 6.33 Å². The van der Waals surface area contributed by atoms with Crippen LogP contribution in [-0.2, 0) is 6.54 Å². The number of benzene rings is 1. The molecule has 7 heteroatoms. The second kappa shape index (κ2) is 11.1. The summed E-state index contributed by atoms with van der Waals surface area (Å²) < 4.78 is 0. The first kappa shape index (κ1) is 21.4. The van der Waals surface area contributed by atoms with Crippen LogP contribution in [0, 0.1) is 5.92 Å². The third-order valence-electron chi connectivity index (χ3n) is 3.86. The summed E-state index contributed by atoms with van der Waals surface area (Å²) in [6, 6.07) is 8.63. The Balaban J connectivity index is 0.00000312. The van der Waals surface area contributed by atoms with Gasteiger partial charge < -0.3 is 10.6 Å². The van der Waals surface area contributed by atoms with Crippen LogP contribution in [0.5, 0.6) is 0 Å². The maximum Gasteiger partial charge on any atom is 0.191 e. The number of nitrogens with zero attached hydrogens (tertiary/aromatic N) is 3. The third-order valence-corrected chi connectivity index (χ3v) is 3.86. The molecule has 0 spiro atoms. The zero-order chi connectivity index (χ0) is 17.4. The average Bonchev–Trinajstić information content (AvgIpc) is 3.11. The molecule has 0 saturated carbocycles. The highest BCUT2D eigenvalue weighted by Crippen LogP contribution is 2.15. The Hall–Kier alpha value is -1.64. The van der Waals surface area contributed by atoms with Gasteiger partial charge in [0.05, 0.1) is 0 Å². The Morgan fingerprint density at radius 3 is 2.68 bits per heavy atom.